The highest BCUT2D eigenvalue weighted by Crippen LogP contribution is 2.38. The second-order valence-electron chi connectivity index (χ2n) is 6.37. The first-order valence-electron chi connectivity index (χ1n) is 8.12. The third-order valence-corrected chi connectivity index (χ3v) is 4.99. The molecule has 1 aliphatic heterocycles. The Labute approximate surface area is 145 Å². The minimum absolute atomic E-state index is 0.431. The fourth-order valence-electron chi connectivity index (χ4n) is 3.45. The Morgan fingerprint density at radius 1 is 1.29 bits per heavy atom. The number of hydrogen-bond donors (Lipinski definition) is 1. The van der Waals surface area contributed by atoms with Gasteiger partial charge >= 0.3 is 0 Å². The molecule has 0 saturated heterocycles. The van der Waals surface area contributed by atoms with Crippen molar-refractivity contribution < 1.29 is 9.52 Å². The van der Waals surface area contributed by atoms with Crippen molar-refractivity contribution in [2.24, 2.45) is 0 Å². The quantitative estimate of drug-likeness (QED) is 0.787. The Bertz CT molecular complexity index is 876. The summed E-state index contributed by atoms with van der Waals surface area (Å²) in [6.45, 7) is 1.68. The molecule has 0 amide bonds. The summed E-state index contributed by atoms with van der Waals surface area (Å²) in [5, 5.41) is 12.6. The molecule has 2 aromatic heterocycles. The molecule has 0 fully saturated rings. The summed E-state index contributed by atoms with van der Waals surface area (Å²) in [6, 6.07) is 9.49. The van der Waals surface area contributed by atoms with Crippen LogP contribution in [0.3, 0.4) is 0 Å². The third kappa shape index (κ3) is 2.71. The average Bonchev–Trinajstić information content (AvgIpc) is 2.83. The van der Waals surface area contributed by atoms with E-state index in [9.17, 15) is 5.11 Å². The number of aliphatic hydroxyl groups is 1. The molecule has 1 aliphatic rings. The van der Waals surface area contributed by atoms with Gasteiger partial charge in [0.15, 0.2) is 0 Å². The lowest BCUT2D eigenvalue weighted by atomic mass is 10.0. The van der Waals surface area contributed by atoms with Crippen molar-refractivity contribution in [3.8, 4) is 0 Å². The van der Waals surface area contributed by atoms with Crippen LogP contribution in [-0.2, 0) is 19.4 Å². The second-order valence-corrected chi connectivity index (χ2v) is 6.78. The summed E-state index contributed by atoms with van der Waals surface area (Å²) >= 11 is 6.42. The van der Waals surface area contributed by atoms with Crippen molar-refractivity contribution >= 4 is 22.6 Å². The molecule has 1 aromatic carbocycles. The standard InChI is InChI=1S/C19H19ClN2O2/c1-22-9-7-13-15(20)5-6-17-18(13)14(11-22)19(24-17)16(23)10-12-4-2-3-8-21-12/h2-6,8,16,23H,7,9-11H2,1H3. The van der Waals surface area contributed by atoms with Crippen molar-refractivity contribution in [3.63, 3.8) is 0 Å². The number of aromatic nitrogens is 1. The number of pyridine rings is 1. The molecule has 0 bridgehead atoms. The smallest absolute Gasteiger partial charge is 0.138 e. The summed E-state index contributed by atoms with van der Waals surface area (Å²) < 4.78 is 6.04. The van der Waals surface area contributed by atoms with E-state index in [0.717, 1.165) is 52.3 Å². The summed E-state index contributed by atoms with van der Waals surface area (Å²) in [5.74, 6) is 0.632. The molecule has 4 nitrogen and oxygen atoms in total. The minimum atomic E-state index is -0.722. The Balaban J connectivity index is 1.81. The topological polar surface area (TPSA) is 49.5 Å². The molecular weight excluding hydrogens is 324 g/mol. The van der Waals surface area contributed by atoms with Crippen molar-refractivity contribution in [3.05, 3.63) is 64.1 Å². The Morgan fingerprint density at radius 3 is 2.96 bits per heavy atom. The number of furan rings is 1. The van der Waals surface area contributed by atoms with Crippen LogP contribution in [0.2, 0.25) is 5.02 Å². The van der Waals surface area contributed by atoms with Crippen LogP contribution in [0.5, 0.6) is 0 Å². The van der Waals surface area contributed by atoms with Gasteiger partial charge in [0, 0.05) is 47.4 Å². The third-order valence-electron chi connectivity index (χ3n) is 4.64. The first-order chi connectivity index (χ1) is 11.6. The molecule has 5 heteroatoms. The Hall–Kier alpha value is -1.88. The number of nitrogens with zero attached hydrogens (tertiary/aromatic N) is 2. The Morgan fingerprint density at radius 2 is 2.17 bits per heavy atom. The van der Waals surface area contributed by atoms with Crippen LogP contribution < -0.4 is 0 Å². The van der Waals surface area contributed by atoms with Crippen LogP contribution in [-0.4, -0.2) is 28.6 Å². The van der Waals surface area contributed by atoms with Gasteiger partial charge in [0.05, 0.1) is 0 Å². The maximum atomic E-state index is 10.8. The van der Waals surface area contributed by atoms with Gasteiger partial charge in [-0.05, 0) is 43.3 Å². The lowest BCUT2D eigenvalue weighted by molar-refractivity contribution is 0.148. The van der Waals surface area contributed by atoms with E-state index in [2.05, 4.69) is 16.9 Å². The van der Waals surface area contributed by atoms with E-state index < -0.39 is 6.10 Å². The number of hydrogen-bond acceptors (Lipinski definition) is 4. The van der Waals surface area contributed by atoms with E-state index in [-0.39, 0.29) is 0 Å². The van der Waals surface area contributed by atoms with Gasteiger partial charge in [-0.15, -0.1) is 0 Å². The van der Waals surface area contributed by atoms with Gasteiger partial charge < -0.3 is 14.4 Å². The van der Waals surface area contributed by atoms with Gasteiger partial charge in [0.25, 0.3) is 0 Å². The monoisotopic (exact) mass is 342 g/mol. The minimum Gasteiger partial charge on any atom is -0.458 e. The fourth-order valence-corrected chi connectivity index (χ4v) is 3.70. The van der Waals surface area contributed by atoms with Gasteiger partial charge in [0.2, 0.25) is 0 Å². The molecule has 24 heavy (non-hydrogen) atoms. The molecule has 3 heterocycles. The fraction of sp³-hybridized carbons (Fsp3) is 0.316. The zero-order valence-electron chi connectivity index (χ0n) is 13.5. The van der Waals surface area contributed by atoms with E-state index in [1.165, 1.54) is 0 Å². The first-order valence-corrected chi connectivity index (χ1v) is 8.50. The number of aliphatic hydroxyl groups excluding tert-OH is 1. The highest BCUT2D eigenvalue weighted by atomic mass is 35.5. The van der Waals surface area contributed by atoms with Crippen molar-refractivity contribution in [1.29, 1.82) is 0 Å². The lowest BCUT2D eigenvalue weighted by Gasteiger charge is -2.15. The molecule has 4 rings (SSSR count). The lowest BCUT2D eigenvalue weighted by Crippen LogP contribution is -2.19. The van der Waals surface area contributed by atoms with Gasteiger partial charge in [-0.2, -0.15) is 0 Å². The number of rotatable bonds is 3. The highest BCUT2D eigenvalue weighted by Gasteiger charge is 2.27. The Kier molecular flexibility index (Phi) is 4.04. The van der Waals surface area contributed by atoms with E-state index in [1.807, 2.05) is 30.3 Å². The van der Waals surface area contributed by atoms with Crippen LogP contribution >= 0.6 is 11.6 Å². The maximum absolute atomic E-state index is 10.8. The van der Waals surface area contributed by atoms with Crippen LogP contribution in [0.1, 0.15) is 28.7 Å². The van der Waals surface area contributed by atoms with Crippen molar-refractivity contribution in [2.75, 3.05) is 13.6 Å². The summed E-state index contributed by atoms with van der Waals surface area (Å²) in [4.78, 5) is 6.53. The van der Waals surface area contributed by atoms with Crippen LogP contribution in [0, 0.1) is 0 Å². The van der Waals surface area contributed by atoms with Crippen LogP contribution in [0.4, 0.5) is 0 Å². The van der Waals surface area contributed by atoms with Crippen LogP contribution in [0.15, 0.2) is 40.9 Å². The molecule has 1 N–H and O–H groups in total. The second kappa shape index (κ2) is 6.20. The molecule has 0 radical (unpaired) electrons. The SMILES string of the molecule is CN1CCc2c(Cl)ccc3oc(C(O)Cc4ccccn4)c(c23)C1. The summed E-state index contributed by atoms with van der Waals surface area (Å²) in [7, 11) is 2.08. The van der Waals surface area contributed by atoms with Crippen LogP contribution in [0.25, 0.3) is 11.0 Å². The first kappa shape index (κ1) is 15.6. The van der Waals surface area contributed by atoms with E-state index in [1.54, 1.807) is 6.20 Å². The zero-order valence-corrected chi connectivity index (χ0v) is 14.3. The normalized spacial score (nSPS) is 16.3. The van der Waals surface area contributed by atoms with Gasteiger partial charge in [-0.25, -0.2) is 0 Å². The molecule has 3 aromatic rings. The molecule has 0 aliphatic carbocycles. The predicted molar refractivity (Wildman–Crippen MR) is 94.2 cm³/mol. The molecular formula is C19H19ClN2O2. The number of likely N-dealkylation sites (N-methyl/N-ethyl adjacent to an activating group) is 1. The van der Waals surface area contributed by atoms with Gasteiger partial charge in [-0.1, -0.05) is 17.7 Å². The largest absolute Gasteiger partial charge is 0.458 e. The zero-order chi connectivity index (χ0) is 16.7. The molecule has 0 spiro atoms. The number of benzene rings is 1. The van der Waals surface area contributed by atoms with E-state index in [0.29, 0.717) is 12.2 Å². The predicted octanol–water partition coefficient (Wildman–Crippen LogP) is 3.75. The van der Waals surface area contributed by atoms with Crippen molar-refractivity contribution in [1.82, 2.24) is 9.88 Å². The molecule has 1 unspecified atom stereocenters. The van der Waals surface area contributed by atoms with Gasteiger partial charge in [0.1, 0.15) is 17.4 Å². The van der Waals surface area contributed by atoms with Crippen molar-refractivity contribution in [2.45, 2.75) is 25.5 Å². The average molecular weight is 343 g/mol. The van der Waals surface area contributed by atoms with Gasteiger partial charge in [-0.3, -0.25) is 4.98 Å². The maximum Gasteiger partial charge on any atom is 0.138 e. The highest BCUT2D eigenvalue weighted by molar-refractivity contribution is 6.32. The summed E-state index contributed by atoms with van der Waals surface area (Å²) in [5.41, 5.74) is 3.81. The van der Waals surface area contributed by atoms with E-state index in [4.69, 9.17) is 16.0 Å². The molecule has 0 saturated carbocycles. The van der Waals surface area contributed by atoms with E-state index >= 15 is 0 Å². The number of halogens is 1. The summed E-state index contributed by atoms with van der Waals surface area (Å²) in [6.07, 6.45) is 2.33. The molecule has 124 valence electrons. The molecule has 1 atom stereocenters.